The minimum Gasteiger partial charge on any atom is -0.341 e. The second kappa shape index (κ2) is 4.74. The van der Waals surface area contributed by atoms with E-state index in [-0.39, 0.29) is 17.9 Å². The number of amides is 1. The van der Waals surface area contributed by atoms with E-state index in [1.54, 1.807) is 0 Å². The van der Waals surface area contributed by atoms with Crippen molar-refractivity contribution < 1.29 is 4.79 Å². The van der Waals surface area contributed by atoms with E-state index in [0.717, 1.165) is 24.9 Å². The number of carbonyl (C=O) groups excluding carboxylic acids is 1. The van der Waals surface area contributed by atoms with Crippen molar-refractivity contribution in [3.05, 3.63) is 0 Å². The van der Waals surface area contributed by atoms with Crippen molar-refractivity contribution in [3.63, 3.8) is 0 Å². The largest absolute Gasteiger partial charge is 0.341 e. The van der Waals surface area contributed by atoms with E-state index < -0.39 is 0 Å². The number of hydrogen-bond acceptors (Lipinski definition) is 2. The Morgan fingerprint density at radius 2 is 1.62 bits per heavy atom. The van der Waals surface area contributed by atoms with Crippen LogP contribution in [0.5, 0.6) is 0 Å². The highest BCUT2D eigenvalue weighted by Gasteiger charge is 2.33. The predicted molar refractivity (Wildman–Crippen MR) is 64.8 cm³/mol. The summed E-state index contributed by atoms with van der Waals surface area (Å²) in [4.78, 5) is 14.3. The Bertz CT molecular complexity index is 243. The van der Waals surface area contributed by atoms with Crippen LogP contribution in [0, 0.1) is 17.8 Å². The molecule has 0 spiro atoms. The molecular weight excluding hydrogens is 200 g/mol. The van der Waals surface area contributed by atoms with Crippen LogP contribution in [0.25, 0.3) is 0 Å². The number of nitrogens with zero attached hydrogens (tertiary/aromatic N) is 1. The zero-order valence-electron chi connectivity index (χ0n) is 10.5. The highest BCUT2D eigenvalue weighted by molar-refractivity contribution is 5.82. The monoisotopic (exact) mass is 224 g/mol. The summed E-state index contributed by atoms with van der Waals surface area (Å²) in [6, 6.07) is -0.308. The molecule has 3 heteroatoms. The molecule has 0 aromatic rings. The van der Waals surface area contributed by atoms with Gasteiger partial charge in [0.1, 0.15) is 0 Å². The number of hydrogen-bond donors (Lipinski definition) is 1. The van der Waals surface area contributed by atoms with Crippen molar-refractivity contribution in [2.75, 3.05) is 13.1 Å². The Hall–Kier alpha value is -0.570. The van der Waals surface area contributed by atoms with Crippen molar-refractivity contribution in [2.24, 2.45) is 23.5 Å². The number of nitrogens with two attached hydrogens (primary N) is 1. The van der Waals surface area contributed by atoms with Gasteiger partial charge in [0.05, 0.1) is 6.04 Å². The maximum absolute atomic E-state index is 12.2. The zero-order valence-corrected chi connectivity index (χ0v) is 10.5. The topological polar surface area (TPSA) is 46.3 Å². The van der Waals surface area contributed by atoms with E-state index in [9.17, 15) is 4.79 Å². The smallest absolute Gasteiger partial charge is 0.239 e. The highest BCUT2D eigenvalue weighted by Crippen LogP contribution is 2.34. The minimum atomic E-state index is -0.308. The fourth-order valence-electron chi connectivity index (χ4n) is 1.97. The van der Waals surface area contributed by atoms with Gasteiger partial charge >= 0.3 is 0 Å². The van der Waals surface area contributed by atoms with Gasteiger partial charge in [-0.1, -0.05) is 13.8 Å². The Balaban J connectivity index is 1.89. The molecule has 0 aromatic heterocycles. The molecule has 1 atom stereocenters. The van der Waals surface area contributed by atoms with Gasteiger partial charge in [-0.3, -0.25) is 4.79 Å². The van der Waals surface area contributed by atoms with Crippen molar-refractivity contribution >= 4 is 5.91 Å². The van der Waals surface area contributed by atoms with Gasteiger partial charge in [-0.05, 0) is 43.4 Å². The van der Waals surface area contributed by atoms with Crippen LogP contribution in [0.3, 0.4) is 0 Å². The molecule has 0 unspecified atom stereocenters. The molecule has 92 valence electrons. The average molecular weight is 224 g/mol. The van der Waals surface area contributed by atoms with E-state index in [4.69, 9.17) is 5.73 Å². The van der Waals surface area contributed by atoms with Gasteiger partial charge in [-0.25, -0.2) is 0 Å². The molecular formula is C13H24N2O. The van der Waals surface area contributed by atoms with E-state index in [2.05, 4.69) is 0 Å². The maximum atomic E-state index is 12.2. The van der Waals surface area contributed by atoms with Crippen molar-refractivity contribution in [1.29, 1.82) is 0 Å². The first-order valence-electron chi connectivity index (χ1n) is 6.62. The Morgan fingerprint density at radius 1 is 1.19 bits per heavy atom. The molecule has 2 rings (SSSR count). The molecule has 0 radical (unpaired) electrons. The Morgan fingerprint density at radius 3 is 1.94 bits per heavy atom. The van der Waals surface area contributed by atoms with Gasteiger partial charge in [0.15, 0.2) is 0 Å². The van der Waals surface area contributed by atoms with Crippen LogP contribution < -0.4 is 5.73 Å². The summed E-state index contributed by atoms with van der Waals surface area (Å²) in [6.45, 7) is 5.95. The fraction of sp³-hybridized carbons (Fsp3) is 0.923. The second-order valence-corrected chi connectivity index (χ2v) is 5.90. The van der Waals surface area contributed by atoms with Crippen LogP contribution >= 0.6 is 0 Å². The quantitative estimate of drug-likeness (QED) is 0.745. The summed E-state index contributed by atoms with van der Waals surface area (Å²) < 4.78 is 0. The maximum Gasteiger partial charge on any atom is 0.239 e. The van der Waals surface area contributed by atoms with Gasteiger partial charge in [-0.2, -0.15) is 0 Å². The lowest BCUT2D eigenvalue weighted by Crippen LogP contribution is -2.47. The molecule has 16 heavy (non-hydrogen) atoms. The first kappa shape index (κ1) is 11.9. The molecule has 2 aliphatic rings. The van der Waals surface area contributed by atoms with Gasteiger partial charge in [0.25, 0.3) is 0 Å². The standard InChI is InChI=1S/C13H24N2O/c1-9(2)12(14)13(16)15(7-10-3-4-10)8-11-5-6-11/h9-12H,3-8,14H2,1-2H3/t12-/m0/s1. The molecule has 2 aliphatic carbocycles. The average Bonchev–Trinajstić information content (AvgIpc) is 3.08. The van der Waals surface area contributed by atoms with E-state index >= 15 is 0 Å². The fourth-order valence-corrected chi connectivity index (χ4v) is 1.97. The van der Waals surface area contributed by atoms with E-state index in [1.165, 1.54) is 25.7 Å². The number of rotatable bonds is 6. The minimum absolute atomic E-state index is 0.175. The zero-order chi connectivity index (χ0) is 11.7. The van der Waals surface area contributed by atoms with Crippen LogP contribution in [0.15, 0.2) is 0 Å². The SMILES string of the molecule is CC(C)[C@H](N)C(=O)N(CC1CC1)CC1CC1. The molecule has 0 aliphatic heterocycles. The first-order chi connectivity index (χ1) is 7.58. The van der Waals surface area contributed by atoms with Crippen LogP contribution in [0.4, 0.5) is 0 Å². The van der Waals surface area contributed by atoms with Crippen molar-refractivity contribution in [2.45, 2.75) is 45.6 Å². The van der Waals surface area contributed by atoms with Gasteiger partial charge < -0.3 is 10.6 Å². The summed E-state index contributed by atoms with van der Waals surface area (Å²) in [7, 11) is 0. The summed E-state index contributed by atoms with van der Waals surface area (Å²) in [6.07, 6.45) is 5.19. The summed E-state index contributed by atoms with van der Waals surface area (Å²) in [5.74, 6) is 1.95. The molecule has 0 saturated heterocycles. The molecule has 1 amide bonds. The van der Waals surface area contributed by atoms with Gasteiger partial charge in [-0.15, -0.1) is 0 Å². The predicted octanol–water partition coefficient (Wildman–Crippen LogP) is 1.62. The number of carbonyl (C=O) groups is 1. The summed E-state index contributed by atoms with van der Waals surface area (Å²) in [5, 5.41) is 0. The van der Waals surface area contributed by atoms with Crippen molar-refractivity contribution in [1.82, 2.24) is 4.90 Å². The lowest BCUT2D eigenvalue weighted by atomic mass is 10.0. The molecule has 0 aromatic carbocycles. The third-order valence-electron chi connectivity index (χ3n) is 3.67. The van der Waals surface area contributed by atoms with E-state index in [1.807, 2.05) is 18.7 Å². The second-order valence-electron chi connectivity index (χ2n) is 5.90. The first-order valence-corrected chi connectivity index (χ1v) is 6.62. The van der Waals surface area contributed by atoms with Crippen LogP contribution in [-0.4, -0.2) is 29.9 Å². The van der Waals surface area contributed by atoms with Crippen LogP contribution in [0.1, 0.15) is 39.5 Å². The normalized spacial score (nSPS) is 22.2. The molecule has 0 heterocycles. The molecule has 2 fully saturated rings. The molecule has 0 bridgehead atoms. The lowest BCUT2D eigenvalue weighted by molar-refractivity contribution is -0.134. The molecule has 2 saturated carbocycles. The third kappa shape index (κ3) is 3.21. The Labute approximate surface area is 98.4 Å². The third-order valence-corrected chi connectivity index (χ3v) is 3.67. The van der Waals surface area contributed by atoms with Crippen LogP contribution in [0.2, 0.25) is 0 Å². The van der Waals surface area contributed by atoms with Gasteiger partial charge in [0, 0.05) is 13.1 Å². The Kier molecular flexibility index (Phi) is 3.53. The lowest BCUT2D eigenvalue weighted by Gasteiger charge is -2.27. The van der Waals surface area contributed by atoms with Crippen LogP contribution in [-0.2, 0) is 4.79 Å². The highest BCUT2D eigenvalue weighted by atomic mass is 16.2. The van der Waals surface area contributed by atoms with E-state index in [0.29, 0.717) is 0 Å². The van der Waals surface area contributed by atoms with Crippen molar-refractivity contribution in [3.8, 4) is 0 Å². The summed E-state index contributed by atoms with van der Waals surface area (Å²) in [5.41, 5.74) is 5.96. The summed E-state index contributed by atoms with van der Waals surface area (Å²) >= 11 is 0. The molecule has 3 nitrogen and oxygen atoms in total. The molecule has 2 N–H and O–H groups in total. The van der Waals surface area contributed by atoms with Gasteiger partial charge in [0.2, 0.25) is 5.91 Å².